The third-order valence-electron chi connectivity index (χ3n) is 5.99. The number of hydrogen-bond donors (Lipinski definition) is 1. The maximum atomic E-state index is 13.9. The van der Waals surface area contributed by atoms with E-state index in [-0.39, 0.29) is 17.6 Å². The zero-order valence-electron chi connectivity index (χ0n) is 16.9. The minimum atomic E-state index is -0.493. The number of nitrogens with one attached hydrogen (secondary N) is 1. The summed E-state index contributed by atoms with van der Waals surface area (Å²) in [5, 5.41) is 2.82. The van der Waals surface area contributed by atoms with E-state index >= 15 is 0 Å². The molecule has 1 aliphatic heterocycles. The van der Waals surface area contributed by atoms with Crippen LogP contribution in [0, 0.1) is 17.7 Å². The van der Waals surface area contributed by atoms with Gasteiger partial charge in [0, 0.05) is 42.7 Å². The minimum absolute atomic E-state index is 0.102. The average molecular weight is 398 g/mol. The Morgan fingerprint density at radius 3 is 2.79 bits per heavy atom. The van der Waals surface area contributed by atoms with E-state index in [1.54, 1.807) is 6.07 Å². The van der Waals surface area contributed by atoms with Crippen molar-refractivity contribution in [1.29, 1.82) is 0 Å². The molecule has 1 fully saturated rings. The third kappa shape index (κ3) is 4.33. The highest BCUT2D eigenvalue weighted by Gasteiger charge is 2.27. The molecule has 1 atom stereocenters. The summed E-state index contributed by atoms with van der Waals surface area (Å²) in [5.74, 6) is 0.972. The highest BCUT2D eigenvalue weighted by atomic mass is 19.1. The van der Waals surface area contributed by atoms with Crippen LogP contribution >= 0.6 is 0 Å². The molecule has 0 saturated carbocycles. The van der Waals surface area contributed by atoms with Crippen LogP contribution in [-0.2, 0) is 17.6 Å². The molecule has 1 N–H and O–H groups in total. The molecule has 1 aliphatic carbocycles. The summed E-state index contributed by atoms with van der Waals surface area (Å²) in [5.41, 5.74) is 2.52. The van der Waals surface area contributed by atoms with Gasteiger partial charge in [0.1, 0.15) is 0 Å². The summed E-state index contributed by atoms with van der Waals surface area (Å²) in [6, 6.07) is 4.44. The van der Waals surface area contributed by atoms with Crippen LogP contribution in [0.1, 0.15) is 37.4 Å². The summed E-state index contributed by atoms with van der Waals surface area (Å²) in [4.78, 5) is 24.3. The predicted molar refractivity (Wildman–Crippen MR) is 110 cm³/mol. The second-order valence-corrected chi connectivity index (χ2v) is 8.09. The quantitative estimate of drug-likeness (QED) is 0.852. The largest absolute Gasteiger partial charge is 0.494 e. The lowest BCUT2D eigenvalue weighted by Crippen LogP contribution is -2.35. The van der Waals surface area contributed by atoms with Gasteiger partial charge in [0.05, 0.1) is 7.11 Å². The highest BCUT2D eigenvalue weighted by molar-refractivity contribution is 5.93. The van der Waals surface area contributed by atoms with Crippen molar-refractivity contribution in [2.45, 2.75) is 39.0 Å². The Morgan fingerprint density at radius 2 is 2.07 bits per heavy atom. The number of hydrogen-bond acceptors (Lipinski definition) is 5. The topological polar surface area (TPSA) is 67.3 Å². The van der Waals surface area contributed by atoms with E-state index in [9.17, 15) is 9.18 Å². The number of amides is 1. The van der Waals surface area contributed by atoms with Gasteiger partial charge in [-0.25, -0.2) is 14.4 Å². The van der Waals surface area contributed by atoms with Gasteiger partial charge in [-0.2, -0.15) is 0 Å². The number of aryl methyl sites for hydroxylation is 1. The molecule has 1 saturated heterocycles. The van der Waals surface area contributed by atoms with Crippen molar-refractivity contribution in [2.24, 2.45) is 11.8 Å². The Bertz CT molecular complexity index is 896. The fourth-order valence-corrected chi connectivity index (χ4v) is 4.07. The monoisotopic (exact) mass is 398 g/mol. The van der Waals surface area contributed by atoms with E-state index in [1.165, 1.54) is 32.1 Å². The first-order chi connectivity index (χ1) is 14.0. The predicted octanol–water partition coefficient (Wildman–Crippen LogP) is 3.60. The molecule has 0 radical (unpaired) electrons. The number of benzene rings is 1. The van der Waals surface area contributed by atoms with Gasteiger partial charge < -0.3 is 15.0 Å². The van der Waals surface area contributed by atoms with Crippen LogP contribution < -0.4 is 15.0 Å². The van der Waals surface area contributed by atoms with Crippen molar-refractivity contribution in [3.8, 4) is 5.75 Å². The van der Waals surface area contributed by atoms with Gasteiger partial charge in [-0.05, 0) is 55.7 Å². The third-order valence-corrected chi connectivity index (χ3v) is 5.99. The Hall–Kier alpha value is -2.70. The summed E-state index contributed by atoms with van der Waals surface area (Å²) in [7, 11) is 1.41. The van der Waals surface area contributed by atoms with Crippen LogP contribution in [0.4, 0.5) is 16.0 Å². The van der Waals surface area contributed by atoms with Crippen molar-refractivity contribution < 1.29 is 13.9 Å². The molecule has 4 rings (SSSR count). The zero-order valence-corrected chi connectivity index (χ0v) is 16.9. The van der Waals surface area contributed by atoms with Crippen LogP contribution in [0.15, 0.2) is 24.4 Å². The van der Waals surface area contributed by atoms with Crippen LogP contribution in [0.5, 0.6) is 5.75 Å². The summed E-state index contributed by atoms with van der Waals surface area (Å²) >= 11 is 0. The van der Waals surface area contributed by atoms with Crippen molar-refractivity contribution in [2.75, 3.05) is 30.4 Å². The molecular formula is C22H27FN4O2. The van der Waals surface area contributed by atoms with Crippen LogP contribution in [0.2, 0.25) is 0 Å². The number of carbonyl (C=O) groups is 1. The number of ether oxygens (including phenoxy) is 1. The normalized spacial score (nSPS) is 19.6. The minimum Gasteiger partial charge on any atom is -0.494 e. The fraction of sp³-hybridized carbons (Fsp3) is 0.500. The van der Waals surface area contributed by atoms with E-state index in [2.05, 4.69) is 22.1 Å². The summed E-state index contributed by atoms with van der Waals surface area (Å²) in [6.45, 7) is 4.30. The molecule has 0 bridgehead atoms. The van der Waals surface area contributed by atoms with Crippen molar-refractivity contribution in [1.82, 2.24) is 9.97 Å². The second kappa shape index (κ2) is 8.35. The number of fused-ring (bicyclic) bond motifs is 1. The molecule has 2 aromatic rings. The van der Waals surface area contributed by atoms with Gasteiger partial charge in [0.15, 0.2) is 11.6 Å². The molecule has 7 heteroatoms. The molecule has 1 aromatic carbocycles. The SMILES string of the molecule is COc1ccc(NC(=O)C2CCc3nc(N4CCC(C)CC4)ncc3C2)cc1F. The van der Waals surface area contributed by atoms with Gasteiger partial charge in [-0.3, -0.25) is 4.79 Å². The smallest absolute Gasteiger partial charge is 0.227 e. The van der Waals surface area contributed by atoms with Crippen molar-refractivity contribution in [3.63, 3.8) is 0 Å². The Kier molecular flexibility index (Phi) is 5.65. The van der Waals surface area contributed by atoms with Crippen molar-refractivity contribution >= 4 is 17.5 Å². The lowest BCUT2D eigenvalue weighted by atomic mass is 9.86. The van der Waals surface area contributed by atoms with Gasteiger partial charge in [-0.15, -0.1) is 0 Å². The maximum absolute atomic E-state index is 13.9. The Balaban J connectivity index is 1.40. The number of halogens is 1. The number of nitrogens with zero attached hydrogens (tertiary/aromatic N) is 3. The van der Waals surface area contributed by atoms with Crippen LogP contribution in [0.25, 0.3) is 0 Å². The first-order valence-corrected chi connectivity index (χ1v) is 10.3. The second-order valence-electron chi connectivity index (χ2n) is 8.09. The molecule has 2 aliphatic rings. The van der Waals surface area contributed by atoms with Crippen LogP contribution in [-0.4, -0.2) is 36.1 Å². The van der Waals surface area contributed by atoms with E-state index in [4.69, 9.17) is 9.72 Å². The maximum Gasteiger partial charge on any atom is 0.227 e. The fourth-order valence-electron chi connectivity index (χ4n) is 4.07. The number of methoxy groups -OCH3 is 1. The molecule has 1 unspecified atom stereocenters. The molecule has 154 valence electrons. The lowest BCUT2D eigenvalue weighted by Gasteiger charge is -2.31. The number of anilines is 2. The van der Waals surface area contributed by atoms with Gasteiger partial charge >= 0.3 is 0 Å². The molecule has 29 heavy (non-hydrogen) atoms. The van der Waals surface area contributed by atoms with E-state index in [0.29, 0.717) is 12.1 Å². The molecule has 1 aromatic heterocycles. The highest BCUT2D eigenvalue weighted by Crippen LogP contribution is 2.28. The number of piperidine rings is 1. The first kappa shape index (κ1) is 19.6. The zero-order chi connectivity index (χ0) is 20.4. The van der Waals surface area contributed by atoms with Gasteiger partial charge in [0.25, 0.3) is 0 Å². The standard InChI is InChI=1S/C22H27FN4O2/c1-14-7-9-27(10-8-14)22-24-13-16-11-15(3-5-19(16)26-22)21(28)25-17-4-6-20(29-2)18(23)12-17/h4,6,12-15H,3,5,7-11H2,1-2H3,(H,25,28). The molecule has 0 spiro atoms. The molecule has 2 heterocycles. The van der Waals surface area contributed by atoms with E-state index in [1.807, 2.05) is 6.20 Å². The van der Waals surface area contributed by atoms with E-state index in [0.717, 1.165) is 49.1 Å². The first-order valence-electron chi connectivity index (χ1n) is 10.3. The van der Waals surface area contributed by atoms with Gasteiger partial charge in [-0.1, -0.05) is 6.92 Å². The average Bonchev–Trinajstić information content (AvgIpc) is 2.73. The Morgan fingerprint density at radius 1 is 1.28 bits per heavy atom. The Labute approximate surface area is 170 Å². The molecular weight excluding hydrogens is 371 g/mol. The van der Waals surface area contributed by atoms with E-state index < -0.39 is 5.82 Å². The molecule has 1 amide bonds. The number of aromatic nitrogens is 2. The lowest BCUT2D eigenvalue weighted by molar-refractivity contribution is -0.120. The van der Waals surface area contributed by atoms with Crippen molar-refractivity contribution in [3.05, 3.63) is 41.5 Å². The number of rotatable bonds is 4. The molecule has 6 nitrogen and oxygen atoms in total. The van der Waals surface area contributed by atoms with Crippen LogP contribution in [0.3, 0.4) is 0 Å². The summed E-state index contributed by atoms with van der Waals surface area (Å²) in [6.07, 6.45) is 6.32. The summed E-state index contributed by atoms with van der Waals surface area (Å²) < 4.78 is 18.8. The number of carbonyl (C=O) groups excluding carboxylic acids is 1. The van der Waals surface area contributed by atoms with Gasteiger partial charge in [0.2, 0.25) is 11.9 Å².